The zero-order valence-electron chi connectivity index (χ0n) is 14.4. The molecule has 2 rings (SSSR count). The van der Waals surface area contributed by atoms with Gasteiger partial charge in [-0.3, -0.25) is 0 Å². The number of halogens is 6. The lowest BCUT2D eigenvalue weighted by atomic mass is 10.1. The molecule has 0 spiro atoms. The molecule has 0 aliphatic rings. The van der Waals surface area contributed by atoms with Crippen LogP contribution in [0.2, 0.25) is 0 Å². The molecule has 0 saturated carbocycles. The van der Waals surface area contributed by atoms with E-state index in [1.54, 1.807) is 12.1 Å². The molecule has 0 bridgehead atoms. The van der Waals surface area contributed by atoms with E-state index >= 15 is 0 Å². The van der Waals surface area contributed by atoms with Crippen molar-refractivity contribution in [3.63, 3.8) is 0 Å². The maximum atomic E-state index is 13.5. The Labute approximate surface area is 152 Å². The number of hydrogen-bond acceptors (Lipinski definition) is 2. The van der Waals surface area contributed by atoms with Gasteiger partial charge in [0.25, 0.3) is 0 Å². The lowest BCUT2D eigenvalue weighted by Crippen LogP contribution is -2.11. The maximum absolute atomic E-state index is 13.5. The highest BCUT2D eigenvalue weighted by Gasteiger charge is 2.67. The van der Waals surface area contributed by atoms with Gasteiger partial charge in [-0.25, -0.2) is 9.18 Å². The van der Waals surface area contributed by atoms with Gasteiger partial charge >= 0.3 is 16.2 Å². The molecule has 0 saturated heterocycles. The van der Waals surface area contributed by atoms with E-state index in [0.29, 0.717) is 6.07 Å². The molecule has 150 valence electrons. The molecule has 2 aromatic rings. The minimum absolute atomic E-state index is 0.103. The summed E-state index contributed by atoms with van der Waals surface area (Å²) >= 11 is 0. The SMILES string of the molecule is CCCCCc1ccc(C(=O)Oc2ccc(S(F)(F)(F)(F)F)c(F)c2)cc1. The summed E-state index contributed by atoms with van der Waals surface area (Å²) in [6, 6.07) is 6.84. The van der Waals surface area contributed by atoms with Crippen molar-refractivity contribution in [1.29, 1.82) is 0 Å². The fourth-order valence-corrected chi connectivity index (χ4v) is 3.16. The average Bonchev–Trinajstić information content (AvgIpc) is 2.53. The summed E-state index contributed by atoms with van der Waals surface area (Å²) in [6.07, 6.45) is 3.98. The minimum atomic E-state index is -10.2. The minimum Gasteiger partial charge on any atom is -0.423 e. The van der Waals surface area contributed by atoms with Crippen LogP contribution in [0.5, 0.6) is 5.75 Å². The van der Waals surface area contributed by atoms with Crippen molar-refractivity contribution < 1.29 is 33.4 Å². The van der Waals surface area contributed by atoms with Crippen LogP contribution in [-0.2, 0) is 6.42 Å². The van der Waals surface area contributed by atoms with E-state index in [1.165, 1.54) is 12.1 Å². The van der Waals surface area contributed by atoms with Gasteiger partial charge in [0.05, 0.1) is 5.56 Å². The van der Waals surface area contributed by atoms with Crippen LogP contribution in [0.25, 0.3) is 0 Å². The number of hydrogen-bond donors (Lipinski definition) is 0. The number of esters is 1. The monoisotopic (exact) mass is 412 g/mol. The molecule has 0 amide bonds. The Balaban J connectivity index is 2.11. The molecule has 0 aliphatic heterocycles. The number of carbonyl (C=O) groups is 1. The fraction of sp³-hybridized carbons (Fsp3) is 0.278. The highest BCUT2D eigenvalue weighted by molar-refractivity contribution is 8.45. The molecule has 0 radical (unpaired) electrons. The Hall–Kier alpha value is -2.16. The number of benzene rings is 2. The van der Waals surface area contributed by atoms with Gasteiger partial charge in [0.2, 0.25) is 0 Å². The second-order valence-corrected chi connectivity index (χ2v) is 8.48. The van der Waals surface area contributed by atoms with Crippen LogP contribution in [0.4, 0.5) is 23.8 Å². The van der Waals surface area contributed by atoms with Crippen LogP contribution < -0.4 is 4.74 Å². The smallest absolute Gasteiger partial charge is 0.343 e. The van der Waals surface area contributed by atoms with Crippen molar-refractivity contribution in [2.24, 2.45) is 0 Å². The Bertz CT molecular complexity index is 832. The number of rotatable bonds is 7. The van der Waals surface area contributed by atoms with Crippen LogP contribution in [0.15, 0.2) is 47.4 Å². The molecule has 0 aromatic heterocycles. The van der Waals surface area contributed by atoms with Gasteiger partial charge in [-0.15, -0.1) is 0 Å². The van der Waals surface area contributed by atoms with Crippen molar-refractivity contribution >= 4 is 16.2 Å². The normalized spacial score (nSPS) is 14.3. The second kappa shape index (κ2) is 6.78. The van der Waals surface area contributed by atoms with E-state index in [2.05, 4.69) is 6.92 Å². The van der Waals surface area contributed by atoms with Crippen molar-refractivity contribution in [2.75, 3.05) is 0 Å². The highest BCUT2D eigenvalue weighted by Crippen LogP contribution is 3.02. The molecule has 0 heterocycles. The number of unbranched alkanes of at least 4 members (excludes halogenated alkanes) is 2. The summed E-state index contributed by atoms with van der Waals surface area (Å²) in [4.78, 5) is 9.35. The predicted octanol–water partition coefficient (Wildman–Crippen LogP) is 7.44. The summed E-state index contributed by atoms with van der Waals surface area (Å²) in [5, 5.41) is 0. The van der Waals surface area contributed by atoms with Gasteiger partial charge in [0, 0.05) is 6.07 Å². The van der Waals surface area contributed by atoms with Gasteiger partial charge in [-0.05, 0) is 42.7 Å². The third kappa shape index (κ3) is 5.92. The van der Waals surface area contributed by atoms with E-state index in [0.717, 1.165) is 31.2 Å². The van der Waals surface area contributed by atoms with Gasteiger partial charge in [-0.1, -0.05) is 51.3 Å². The van der Waals surface area contributed by atoms with Crippen LogP contribution in [0.3, 0.4) is 0 Å². The first-order valence-electron chi connectivity index (χ1n) is 8.15. The van der Waals surface area contributed by atoms with Crippen LogP contribution in [-0.4, -0.2) is 5.97 Å². The standard InChI is InChI=1S/C18H18F6O2S/c1-2-3-4-5-13-6-8-14(9-7-13)18(25)26-15-10-11-17(16(19)12-15)27(20,21,22,23)24/h6-12H,2-5H2,1H3. The molecule has 9 heteroatoms. The molecule has 27 heavy (non-hydrogen) atoms. The lowest BCUT2D eigenvalue weighted by Gasteiger charge is -2.40. The number of aryl methyl sites for hydroxylation is 1. The van der Waals surface area contributed by atoms with Gasteiger partial charge < -0.3 is 4.74 Å². The molecule has 0 aliphatic carbocycles. The van der Waals surface area contributed by atoms with Crippen molar-refractivity contribution in [2.45, 2.75) is 37.5 Å². The molecule has 2 nitrogen and oxygen atoms in total. The Morgan fingerprint density at radius 2 is 1.59 bits per heavy atom. The van der Waals surface area contributed by atoms with E-state index in [1.807, 2.05) is 0 Å². The molecule has 0 fully saturated rings. The third-order valence-electron chi connectivity index (χ3n) is 3.79. The first-order valence-corrected chi connectivity index (χ1v) is 10.1. The predicted molar refractivity (Wildman–Crippen MR) is 92.4 cm³/mol. The third-order valence-corrected chi connectivity index (χ3v) is 4.95. The number of ether oxygens (including phenoxy) is 1. The van der Waals surface area contributed by atoms with E-state index < -0.39 is 32.7 Å². The second-order valence-electron chi connectivity index (χ2n) is 6.10. The summed E-state index contributed by atoms with van der Waals surface area (Å²) in [5.74, 6) is -3.74. The van der Waals surface area contributed by atoms with Crippen LogP contribution >= 0.6 is 10.2 Å². The highest BCUT2D eigenvalue weighted by atomic mass is 32.5. The first kappa shape index (κ1) is 21.1. The Kier molecular flexibility index (Phi) is 5.31. The van der Waals surface area contributed by atoms with Crippen molar-refractivity contribution in [1.82, 2.24) is 0 Å². The van der Waals surface area contributed by atoms with Crippen LogP contribution in [0, 0.1) is 5.82 Å². The molecular weight excluding hydrogens is 394 g/mol. The van der Waals surface area contributed by atoms with E-state index in [-0.39, 0.29) is 17.7 Å². The summed E-state index contributed by atoms with van der Waals surface area (Å²) in [5.41, 5.74) is 1.11. The molecule has 0 unspecified atom stereocenters. The van der Waals surface area contributed by atoms with Gasteiger partial charge in [0.1, 0.15) is 16.5 Å². The summed E-state index contributed by atoms with van der Waals surface area (Å²) in [6.45, 7) is 2.08. The first-order chi connectivity index (χ1) is 12.3. The summed E-state index contributed by atoms with van der Waals surface area (Å²) in [7, 11) is -10.2. The Morgan fingerprint density at radius 3 is 2.11 bits per heavy atom. The van der Waals surface area contributed by atoms with Crippen LogP contribution in [0.1, 0.15) is 42.1 Å². The quantitative estimate of drug-likeness (QED) is 0.204. The van der Waals surface area contributed by atoms with Crippen molar-refractivity contribution in [3.05, 3.63) is 59.4 Å². The van der Waals surface area contributed by atoms with E-state index in [9.17, 15) is 28.6 Å². The lowest BCUT2D eigenvalue weighted by molar-refractivity contribution is 0.0734. The zero-order chi connectivity index (χ0) is 20.4. The molecule has 0 N–H and O–H groups in total. The van der Waals surface area contributed by atoms with Gasteiger partial charge in [-0.2, -0.15) is 0 Å². The topological polar surface area (TPSA) is 26.3 Å². The largest absolute Gasteiger partial charge is 0.423 e. The summed E-state index contributed by atoms with van der Waals surface area (Å²) < 4.78 is 81.6. The van der Waals surface area contributed by atoms with E-state index in [4.69, 9.17) is 4.74 Å². The molecule has 2 aromatic carbocycles. The molecule has 0 atom stereocenters. The maximum Gasteiger partial charge on any atom is 0.343 e. The average molecular weight is 412 g/mol. The number of carbonyl (C=O) groups excluding carboxylic acids is 1. The fourth-order valence-electron chi connectivity index (χ4n) is 2.41. The zero-order valence-corrected chi connectivity index (χ0v) is 15.2. The van der Waals surface area contributed by atoms with Gasteiger partial charge in [0.15, 0.2) is 0 Å². The molecular formula is C18H18F6O2S. The van der Waals surface area contributed by atoms with Crippen molar-refractivity contribution in [3.8, 4) is 5.75 Å². The Morgan fingerprint density at radius 1 is 0.963 bits per heavy atom.